The highest BCUT2D eigenvalue weighted by Gasteiger charge is 2.19. The SMILES string of the molecule is CCCc1cc(C#N)ccc1OCCCNc1cnn(C(C)(C)C)c(=O)c1Cl. The summed E-state index contributed by atoms with van der Waals surface area (Å²) in [6, 6.07) is 7.66. The number of benzene rings is 1. The van der Waals surface area contributed by atoms with Gasteiger partial charge >= 0.3 is 0 Å². The average Bonchev–Trinajstić information content (AvgIpc) is 2.64. The minimum atomic E-state index is -0.426. The lowest BCUT2D eigenvalue weighted by Crippen LogP contribution is -2.36. The Kier molecular flexibility index (Phi) is 7.47. The van der Waals surface area contributed by atoms with E-state index in [-0.39, 0.29) is 10.6 Å². The van der Waals surface area contributed by atoms with Gasteiger partial charge in [-0.2, -0.15) is 10.4 Å². The molecule has 0 amide bonds. The molecule has 2 aromatic rings. The van der Waals surface area contributed by atoms with Crippen molar-refractivity contribution in [2.45, 2.75) is 52.5 Å². The van der Waals surface area contributed by atoms with Crippen LogP contribution in [0.4, 0.5) is 5.69 Å². The van der Waals surface area contributed by atoms with Gasteiger partial charge in [-0.1, -0.05) is 24.9 Å². The number of nitrogens with one attached hydrogen (secondary N) is 1. The van der Waals surface area contributed by atoms with Gasteiger partial charge in [-0.05, 0) is 57.4 Å². The molecule has 1 N–H and O–H groups in total. The Bertz CT molecular complexity index is 910. The molecule has 1 heterocycles. The van der Waals surface area contributed by atoms with Crippen LogP contribution in [0.3, 0.4) is 0 Å². The molecule has 0 saturated carbocycles. The van der Waals surface area contributed by atoms with Crippen molar-refractivity contribution < 1.29 is 4.74 Å². The van der Waals surface area contributed by atoms with Gasteiger partial charge in [-0.15, -0.1) is 0 Å². The second kappa shape index (κ2) is 9.61. The summed E-state index contributed by atoms with van der Waals surface area (Å²) in [6.07, 6.45) is 4.16. The largest absolute Gasteiger partial charge is 0.493 e. The first-order valence-electron chi connectivity index (χ1n) is 9.46. The van der Waals surface area contributed by atoms with E-state index in [0.717, 1.165) is 30.6 Å². The van der Waals surface area contributed by atoms with Crippen molar-refractivity contribution in [3.63, 3.8) is 0 Å². The standard InChI is InChI=1S/C21H27ClN4O2/c1-5-7-16-12-15(13-23)8-9-18(16)28-11-6-10-24-17-14-25-26(21(2,3)4)20(27)19(17)22/h8-9,12,14,24H,5-7,10-11H2,1-4H3. The summed E-state index contributed by atoms with van der Waals surface area (Å²) in [5.41, 5.74) is 1.48. The lowest BCUT2D eigenvalue weighted by atomic mass is 10.1. The molecule has 0 saturated heterocycles. The van der Waals surface area contributed by atoms with Gasteiger partial charge < -0.3 is 10.1 Å². The summed E-state index contributed by atoms with van der Waals surface area (Å²) >= 11 is 6.20. The predicted octanol–water partition coefficient (Wildman–Crippen LogP) is 4.36. The smallest absolute Gasteiger partial charge is 0.288 e. The Balaban J connectivity index is 1.91. The number of hydrogen-bond acceptors (Lipinski definition) is 5. The van der Waals surface area contributed by atoms with Gasteiger partial charge in [0.25, 0.3) is 5.56 Å². The maximum Gasteiger partial charge on any atom is 0.288 e. The molecule has 0 aliphatic carbocycles. The van der Waals surface area contributed by atoms with Crippen LogP contribution in [0.25, 0.3) is 0 Å². The Hall–Kier alpha value is -2.52. The second-order valence-corrected chi connectivity index (χ2v) is 7.95. The van der Waals surface area contributed by atoms with E-state index in [2.05, 4.69) is 23.4 Å². The van der Waals surface area contributed by atoms with E-state index < -0.39 is 5.54 Å². The Labute approximate surface area is 171 Å². The maximum atomic E-state index is 12.3. The van der Waals surface area contributed by atoms with Gasteiger partial charge in [0.1, 0.15) is 10.8 Å². The predicted molar refractivity (Wildman–Crippen MR) is 112 cm³/mol. The Morgan fingerprint density at radius 3 is 2.75 bits per heavy atom. The van der Waals surface area contributed by atoms with Crippen molar-refractivity contribution in [1.29, 1.82) is 5.26 Å². The van der Waals surface area contributed by atoms with Gasteiger partial charge in [-0.3, -0.25) is 4.79 Å². The fourth-order valence-corrected chi connectivity index (χ4v) is 2.96. The second-order valence-electron chi connectivity index (χ2n) is 7.57. The molecule has 150 valence electrons. The number of halogens is 1. The zero-order chi connectivity index (χ0) is 20.7. The number of aryl methyl sites for hydroxylation is 1. The summed E-state index contributed by atoms with van der Waals surface area (Å²) in [5.74, 6) is 0.813. The van der Waals surface area contributed by atoms with E-state index in [9.17, 15) is 4.79 Å². The number of aromatic nitrogens is 2. The molecule has 0 radical (unpaired) electrons. The first-order valence-corrected chi connectivity index (χ1v) is 9.83. The molecule has 0 unspecified atom stereocenters. The molecule has 0 atom stereocenters. The monoisotopic (exact) mass is 402 g/mol. The van der Waals surface area contributed by atoms with Crippen molar-refractivity contribution in [2.24, 2.45) is 0 Å². The van der Waals surface area contributed by atoms with Crippen LogP contribution >= 0.6 is 11.6 Å². The maximum absolute atomic E-state index is 12.3. The van der Waals surface area contributed by atoms with Crippen molar-refractivity contribution in [3.05, 3.63) is 50.9 Å². The van der Waals surface area contributed by atoms with E-state index in [4.69, 9.17) is 21.6 Å². The third-order valence-electron chi connectivity index (χ3n) is 4.16. The topological polar surface area (TPSA) is 79.9 Å². The summed E-state index contributed by atoms with van der Waals surface area (Å²) in [5, 5.41) is 16.5. The van der Waals surface area contributed by atoms with E-state index in [1.807, 2.05) is 32.9 Å². The average molecular weight is 403 g/mol. The van der Waals surface area contributed by atoms with Crippen LogP contribution in [0.15, 0.2) is 29.2 Å². The van der Waals surface area contributed by atoms with Crippen LogP contribution in [0, 0.1) is 11.3 Å². The molecule has 0 aliphatic rings. The molecular weight excluding hydrogens is 376 g/mol. The molecule has 6 nitrogen and oxygen atoms in total. The van der Waals surface area contributed by atoms with Gasteiger partial charge in [-0.25, -0.2) is 4.68 Å². The number of nitriles is 1. The molecule has 1 aromatic heterocycles. The van der Waals surface area contributed by atoms with Crippen LogP contribution in [-0.4, -0.2) is 22.9 Å². The molecule has 1 aromatic carbocycles. The lowest BCUT2D eigenvalue weighted by Gasteiger charge is -2.21. The first-order chi connectivity index (χ1) is 13.3. The molecule has 0 bridgehead atoms. The summed E-state index contributed by atoms with van der Waals surface area (Å²) in [7, 11) is 0. The van der Waals surface area contributed by atoms with Gasteiger partial charge in [0.05, 0.1) is 35.7 Å². The third kappa shape index (κ3) is 5.49. The summed E-state index contributed by atoms with van der Waals surface area (Å²) in [6.45, 7) is 8.91. The highest BCUT2D eigenvalue weighted by atomic mass is 35.5. The third-order valence-corrected chi connectivity index (χ3v) is 4.52. The highest BCUT2D eigenvalue weighted by molar-refractivity contribution is 6.32. The molecule has 7 heteroatoms. The van der Waals surface area contributed by atoms with Crippen molar-refractivity contribution in [2.75, 3.05) is 18.5 Å². The number of rotatable bonds is 8. The normalized spacial score (nSPS) is 11.1. The van der Waals surface area contributed by atoms with Gasteiger partial charge in [0.15, 0.2) is 0 Å². The summed E-state index contributed by atoms with van der Waals surface area (Å²) < 4.78 is 7.26. The van der Waals surface area contributed by atoms with Crippen LogP contribution in [0.1, 0.15) is 51.7 Å². The molecule has 2 rings (SSSR count). The number of ether oxygens (including phenoxy) is 1. The minimum Gasteiger partial charge on any atom is -0.493 e. The molecular formula is C21H27ClN4O2. The minimum absolute atomic E-state index is 0.142. The highest BCUT2D eigenvalue weighted by Crippen LogP contribution is 2.22. The van der Waals surface area contributed by atoms with Gasteiger partial charge in [0, 0.05) is 6.54 Å². The van der Waals surface area contributed by atoms with E-state index in [1.165, 1.54) is 4.68 Å². The van der Waals surface area contributed by atoms with Crippen molar-refractivity contribution in [3.8, 4) is 11.8 Å². The zero-order valence-corrected chi connectivity index (χ0v) is 17.6. The molecule has 0 aliphatic heterocycles. The quantitative estimate of drug-likeness (QED) is 0.663. The molecule has 0 fully saturated rings. The molecule has 28 heavy (non-hydrogen) atoms. The van der Waals surface area contributed by atoms with Crippen LogP contribution < -0.4 is 15.6 Å². The van der Waals surface area contributed by atoms with E-state index in [1.54, 1.807) is 12.3 Å². The lowest BCUT2D eigenvalue weighted by molar-refractivity contribution is 0.311. The molecule has 0 spiro atoms. The van der Waals surface area contributed by atoms with E-state index >= 15 is 0 Å². The van der Waals surface area contributed by atoms with Crippen molar-refractivity contribution in [1.82, 2.24) is 9.78 Å². The zero-order valence-electron chi connectivity index (χ0n) is 16.9. The Morgan fingerprint density at radius 1 is 1.36 bits per heavy atom. The number of nitrogens with zero attached hydrogens (tertiary/aromatic N) is 3. The fraction of sp³-hybridized carbons (Fsp3) is 0.476. The van der Waals surface area contributed by atoms with Crippen LogP contribution in [0.2, 0.25) is 5.02 Å². The van der Waals surface area contributed by atoms with Crippen molar-refractivity contribution >= 4 is 17.3 Å². The summed E-state index contributed by atoms with van der Waals surface area (Å²) in [4.78, 5) is 12.3. The van der Waals surface area contributed by atoms with E-state index in [0.29, 0.717) is 24.4 Å². The Morgan fingerprint density at radius 2 is 2.11 bits per heavy atom. The first kappa shape index (κ1) is 21.8. The number of anilines is 1. The fourth-order valence-electron chi connectivity index (χ4n) is 2.77. The number of hydrogen-bond donors (Lipinski definition) is 1. The van der Waals surface area contributed by atoms with Crippen LogP contribution in [-0.2, 0) is 12.0 Å². The van der Waals surface area contributed by atoms with Crippen LogP contribution in [0.5, 0.6) is 5.75 Å². The van der Waals surface area contributed by atoms with Gasteiger partial charge in [0.2, 0.25) is 0 Å².